The largest absolute Gasteiger partial charge is 0.508 e. The highest BCUT2D eigenvalue weighted by Crippen LogP contribution is 2.40. The molecule has 3 rings (SSSR count). The number of phenols is 1. The van der Waals surface area contributed by atoms with Crippen LogP contribution in [0.4, 0.5) is 0 Å². The van der Waals surface area contributed by atoms with Crippen LogP contribution in [0.25, 0.3) is 0 Å². The summed E-state index contributed by atoms with van der Waals surface area (Å²) in [6.07, 6.45) is 0.775. The summed E-state index contributed by atoms with van der Waals surface area (Å²) in [6, 6.07) is 16.8. The van der Waals surface area contributed by atoms with E-state index in [0.717, 1.165) is 22.2 Å². The molecule has 0 bridgehead atoms. The van der Waals surface area contributed by atoms with Crippen molar-refractivity contribution in [1.82, 2.24) is 5.01 Å². The van der Waals surface area contributed by atoms with Crippen LogP contribution in [0.2, 0.25) is 0 Å². The number of benzene rings is 2. The van der Waals surface area contributed by atoms with Crippen LogP contribution in [0.1, 0.15) is 36.6 Å². The van der Waals surface area contributed by atoms with E-state index in [9.17, 15) is 10.4 Å². The van der Waals surface area contributed by atoms with Gasteiger partial charge in [0.05, 0.1) is 12.1 Å². The molecule has 2 aromatic carbocycles. The van der Waals surface area contributed by atoms with Gasteiger partial charge in [0.25, 0.3) is 0 Å². The number of hydrazone groups is 1. The number of rotatable bonds is 3. The lowest BCUT2D eigenvalue weighted by Crippen LogP contribution is -2.24. The lowest BCUT2D eigenvalue weighted by molar-refractivity contribution is 0.193. The van der Waals surface area contributed by atoms with E-state index in [-0.39, 0.29) is 11.8 Å². The predicted octanol–water partition coefficient (Wildman–Crippen LogP) is 4.54. The Balaban J connectivity index is 2.02. The van der Waals surface area contributed by atoms with Gasteiger partial charge >= 0.3 is 0 Å². The Morgan fingerprint density at radius 3 is 2.74 bits per heavy atom. The average molecular weight is 370 g/mol. The predicted molar refractivity (Wildman–Crippen MR) is 92.9 cm³/mol. The summed E-state index contributed by atoms with van der Waals surface area (Å²) in [5.41, 5.74) is 2.65. The zero-order valence-corrected chi connectivity index (χ0v) is 14.2. The highest BCUT2D eigenvalue weighted by molar-refractivity contribution is 9.10. The molecule has 2 aromatic rings. The molecule has 5 heteroatoms. The van der Waals surface area contributed by atoms with Gasteiger partial charge in [-0.05, 0) is 30.7 Å². The van der Waals surface area contributed by atoms with Crippen LogP contribution in [0, 0.1) is 11.3 Å². The molecule has 0 spiro atoms. The molecule has 116 valence electrons. The Kier molecular flexibility index (Phi) is 4.35. The molecule has 2 atom stereocenters. The molecule has 1 aliphatic rings. The van der Waals surface area contributed by atoms with Crippen molar-refractivity contribution in [3.63, 3.8) is 0 Å². The van der Waals surface area contributed by atoms with Crippen molar-refractivity contribution in [2.75, 3.05) is 0 Å². The summed E-state index contributed by atoms with van der Waals surface area (Å²) in [5.74, 6) is 0.103. The van der Waals surface area contributed by atoms with Crippen LogP contribution in [0.15, 0.2) is 58.1 Å². The SMILES string of the molecule is CC1=NN([C@H](C#N)c2cc(Br)ccc2O)[C@H](c2ccccc2)C1. The second-order valence-electron chi connectivity index (χ2n) is 5.58. The average Bonchev–Trinajstić information content (AvgIpc) is 2.94. The minimum Gasteiger partial charge on any atom is -0.508 e. The molecule has 0 aliphatic carbocycles. The lowest BCUT2D eigenvalue weighted by atomic mass is 9.99. The molecule has 0 aromatic heterocycles. The molecule has 1 aliphatic heterocycles. The minimum atomic E-state index is -0.643. The Labute approximate surface area is 143 Å². The fourth-order valence-corrected chi connectivity index (χ4v) is 3.26. The first-order valence-electron chi connectivity index (χ1n) is 7.35. The minimum absolute atomic E-state index is 0.000711. The standard InChI is InChI=1S/C18H16BrN3O/c1-12-9-16(13-5-3-2-4-6-13)22(21-12)17(11-20)15-10-14(19)7-8-18(15)23/h2-8,10,16-17,23H,9H2,1H3/t16-,17+/m0/s1. The lowest BCUT2D eigenvalue weighted by Gasteiger charge is -2.28. The van der Waals surface area contributed by atoms with E-state index >= 15 is 0 Å². The summed E-state index contributed by atoms with van der Waals surface area (Å²) >= 11 is 3.40. The van der Waals surface area contributed by atoms with E-state index in [2.05, 4.69) is 27.1 Å². The Morgan fingerprint density at radius 1 is 1.30 bits per heavy atom. The number of hydrogen-bond acceptors (Lipinski definition) is 4. The summed E-state index contributed by atoms with van der Waals surface area (Å²) < 4.78 is 0.821. The zero-order valence-electron chi connectivity index (χ0n) is 12.6. The number of nitrogens with zero attached hydrogens (tertiary/aromatic N) is 3. The normalized spacial score (nSPS) is 18.4. The molecule has 0 saturated carbocycles. The maximum absolute atomic E-state index is 10.2. The van der Waals surface area contributed by atoms with Gasteiger partial charge in [-0.25, -0.2) is 0 Å². The molecule has 0 unspecified atom stereocenters. The molecular formula is C18H16BrN3O. The van der Waals surface area contributed by atoms with Crippen LogP contribution in [0.3, 0.4) is 0 Å². The molecule has 0 amide bonds. The maximum Gasteiger partial charge on any atom is 0.162 e. The van der Waals surface area contributed by atoms with Crippen molar-refractivity contribution in [3.8, 4) is 11.8 Å². The van der Waals surface area contributed by atoms with Gasteiger partial charge in [0.15, 0.2) is 6.04 Å². The van der Waals surface area contributed by atoms with Crippen molar-refractivity contribution >= 4 is 21.6 Å². The molecule has 0 fully saturated rings. The molecule has 23 heavy (non-hydrogen) atoms. The Morgan fingerprint density at radius 2 is 2.04 bits per heavy atom. The van der Waals surface area contributed by atoms with Crippen LogP contribution < -0.4 is 0 Å². The molecule has 0 radical (unpaired) electrons. The second kappa shape index (κ2) is 6.43. The Bertz CT molecular complexity index is 783. The van der Waals surface area contributed by atoms with Crippen molar-refractivity contribution in [2.45, 2.75) is 25.4 Å². The fourth-order valence-electron chi connectivity index (χ4n) is 2.88. The van der Waals surface area contributed by atoms with Crippen LogP contribution in [0.5, 0.6) is 5.75 Å². The smallest absolute Gasteiger partial charge is 0.162 e. The number of halogens is 1. The number of aromatic hydroxyl groups is 1. The second-order valence-corrected chi connectivity index (χ2v) is 6.50. The Hall–Kier alpha value is -2.32. The van der Waals surface area contributed by atoms with Gasteiger partial charge in [0.1, 0.15) is 5.75 Å². The molecular weight excluding hydrogens is 354 g/mol. The zero-order chi connectivity index (χ0) is 16.4. The van der Waals surface area contributed by atoms with Gasteiger partial charge in [-0.2, -0.15) is 10.4 Å². The van der Waals surface area contributed by atoms with Gasteiger partial charge in [-0.1, -0.05) is 46.3 Å². The number of nitriles is 1. The third-order valence-electron chi connectivity index (χ3n) is 3.95. The van der Waals surface area contributed by atoms with Gasteiger partial charge < -0.3 is 5.11 Å². The van der Waals surface area contributed by atoms with E-state index in [1.807, 2.05) is 37.3 Å². The van der Waals surface area contributed by atoms with E-state index in [1.165, 1.54) is 0 Å². The van der Waals surface area contributed by atoms with Gasteiger partial charge in [0.2, 0.25) is 0 Å². The number of hydrogen-bond donors (Lipinski definition) is 1. The molecule has 0 saturated heterocycles. The summed E-state index contributed by atoms with van der Waals surface area (Å²) in [7, 11) is 0. The van der Waals surface area contributed by atoms with Gasteiger partial charge in [0, 0.05) is 22.2 Å². The van der Waals surface area contributed by atoms with Crippen molar-refractivity contribution in [1.29, 1.82) is 5.26 Å². The number of phenolic OH excluding ortho intramolecular Hbond substituents is 1. The van der Waals surface area contributed by atoms with Crippen LogP contribution in [-0.2, 0) is 0 Å². The maximum atomic E-state index is 10.2. The van der Waals surface area contributed by atoms with E-state index in [1.54, 1.807) is 23.2 Å². The van der Waals surface area contributed by atoms with Crippen molar-refractivity contribution in [3.05, 3.63) is 64.1 Å². The fraction of sp³-hybridized carbons (Fsp3) is 0.222. The quantitative estimate of drug-likeness (QED) is 0.863. The highest BCUT2D eigenvalue weighted by atomic mass is 79.9. The topological polar surface area (TPSA) is 59.6 Å². The summed E-state index contributed by atoms with van der Waals surface area (Å²) in [6.45, 7) is 1.96. The van der Waals surface area contributed by atoms with Crippen LogP contribution in [-0.4, -0.2) is 15.8 Å². The molecule has 1 N–H and O–H groups in total. The summed E-state index contributed by atoms with van der Waals surface area (Å²) in [4.78, 5) is 0. The summed E-state index contributed by atoms with van der Waals surface area (Å²) in [5, 5.41) is 26.3. The monoisotopic (exact) mass is 369 g/mol. The van der Waals surface area contributed by atoms with E-state index in [0.29, 0.717) is 5.56 Å². The molecule has 1 heterocycles. The first-order chi connectivity index (χ1) is 11.1. The first kappa shape index (κ1) is 15.6. The third kappa shape index (κ3) is 3.08. The van der Waals surface area contributed by atoms with Gasteiger partial charge in [-0.15, -0.1) is 0 Å². The van der Waals surface area contributed by atoms with Crippen molar-refractivity contribution < 1.29 is 5.11 Å². The highest BCUT2D eigenvalue weighted by Gasteiger charge is 2.33. The van der Waals surface area contributed by atoms with Gasteiger partial charge in [-0.3, -0.25) is 5.01 Å². The van der Waals surface area contributed by atoms with Crippen molar-refractivity contribution in [2.24, 2.45) is 5.10 Å². The third-order valence-corrected chi connectivity index (χ3v) is 4.44. The van der Waals surface area contributed by atoms with E-state index in [4.69, 9.17) is 0 Å². The molecule has 4 nitrogen and oxygen atoms in total. The first-order valence-corrected chi connectivity index (χ1v) is 8.15. The van der Waals surface area contributed by atoms with E-state index < -0.39 is 6.04 Å². The van der Waals surface area contributed by atoms with Crippen LogP contribution >= 0.6 is 15.9 Å².